The molecule has 0 bridgehead atoms. The first kappa shape index (κ1) is 20.1. The lowest BCUT2D eigenvalue weighted by atomic mass is 10.1. The fraction of sp³-hybridized carbons (Fsp3) is 0.278. The van der Waals surface area contributed by atoms with Crippen molar-refractivity contribution >= 4 is 63.8 Å². The maximum Gasteiger partial charge on any atom is 0.190 e. The van der Waals surface area contributed by atoms with Crippen LogP contribution in [-0.2, 0) is 12.8 Å². The van der Waals surface area contributed by atoms with Gasteiger partial charge in [-0.25, -0.2) is 0 Å². The molecule has 0 saturated carbocycles. The summed E-state index contributed by atoms with van der Waals surface area (Å²) in [5, 5.41) is 7.99. The molecule has 0 unspecified atom stereocenters. The van der Waals surface area contributed by atoms with Crippen molar-refractivity contribution in [3.05, 3.63) is 57.4 Å². The normalized spacial score (nSPS) is 11.4. The Kier molecular flexibility index (Phi) is 8.05. The topological polar surface area (TPSA) is 52.2 Å². The molecule has 25 heavy (non-hydrogen) atoms. The first-order valence-corrected chi connectivity index (χ1v) is 9.19. The third-order valence-electron chi connectivity index (χ3n) is 3.88. The molecule has 0 spiro atoms. The van der Waals surface area contributed by atoms with Gasteiger partial charge in [0.15, 0.2) is 5.96 Å². The fourth-order valence-corrected chi connectivity index (χ4v) is 3.75. The van der Waals surface area contributed by atoms with Crippen LogP contribution in [0.3, 0.4) is 0 Å². The second kappa shape index (κ2) is 10.0. The number of thiophene rings is 1. The van der Waals surface area contributed by atoms with Crippen molar-refractivity contribution in [1.29, 1.82) is 0 Å². The minimum atomic E-state index is 0. The lowest BCUT2D eigenvalue weighted by Gasteiger charge is -2.11. The van der Waals surface area contributed by atoms with Gasteiger partial charge in [0.2, 0.25) is 0 Å². The molecule has 0 atom stereocenters. The van der Waals surface area contributed by atoms with E-state index in [4.69, 9.17) is 11.6 Å². The van der Waals surface area contributed by atoms with Crippen LogP contribution < -0.4 is 10.6 Å². The molecule has 0 aliphatic carbocycles. The van der Waals surface area contributed by atoms with Crippen LogP contribution >= 0.6 is 46.9 Å². The van der Waals surface area contributed by atoms with E-state index in [0.29, 0.717) is 0 Å². The summed E-state index contributed by atoms with van der Waals surface area (Å²) in [7, 11) is 1.79. The zero-order valence-corrected chi connectivity index (χ0v) is 17.9. The summed E-state index contributed by atoms with van der Waals surface area (Å²) < 4.78 is 0.839. The lowest BCUT2D eigenvalue weighted by molar-refractivity contribution is 0.789. The minimum Gasteiger partial charge on any atom is -0.361 e. The highest BCUT2D eigenvalue weighted by molar-refractivity contribution is 14.0. The minimum absolute atomic E-state index is 0. The van der Waals surface area contributed by atoms with E-state index in [1.807, 2.05) is 12.1 Å². The largest absolute Gasteiger partial charge is 0.361 e. The highest BCUT2D eigenvalue weighted by Gasteiger charge is 2.04. The molecule has 2 aromatic heterocycles. The third-order valence-corrected chi connectivity index (χ3v) is 5.17. The molecule has 2 heterocycles. The van der Waals surface area contributed by atoms with Crippen LogP contribution in [-0.4, -0.2) is 31.1 Å². The predicted octanol–water partition coefficient (Wildman–Crippen LogP) is 4.45. The van der Waals surface area contributed by atoms with E-state index in [1.165, 1.54) is 21.3 Å². The van der Waals surface area contributed by atoms with Crippen LogP contribution in [0.4, 0.5) is 0 Å². The van der Waals surface area contributed by atoms with Gasteiger partial charge in [0.25, 0.3) is 0 Å². The maximum absolute atomic E-state index is 5.95. The molecule has 0 aliphatic rings. The number of aromatic nitrogens is 1. The van der Waals surface area contributed by atoms with E-state index in [9.17, 15) is 0 Å². The summed E-state index contributed by atoms with van der Waals surface area (Å²) >= 11 is 7.57. The number of aliphatic imine (C=N–C) groups is 1. The number of fused-ring (bicyclic) bond motifs is 1. The van der Waals surface area contributed by atoms with Gasteiger partial charge in [-0.05, 0) is 36.6 Å². The van der Waals surface area contributed by atoms with Gasteiger partial charge in [-0.2, -0.15) is 0 Å². The van der Waals surface area contributed by atoms with Crippen molar-refractivity contribution in [1.82, 2.24) is 15.6 Å². The first-order chi connectivity index (χ1) is 11.8. The molecule has 3 rings (SSSR count). The maximum atomic E-state index is 5.95. The summed E-state index contributed by atoms with van der Waals surface area (Å²) in [6, 6.07) is 12.4. The number of hydrogen-bond donors (Lipinski definition) is 3. The number of halogens is 2. The van der Waals surface area contributed by atoms with Crippen LogP contribution in [0.2, 0.25) is 4.34 Å². The summed E-state index contributed by atoms with van der Waals surface area (Å²) in [4.78, 5) is 8.86. The Hall–Kier alpha value is -1.25. The van der Waals surface area contributed by atoms with Crippen LogP contribution in [0, 0.1) is 0 Å². The number of hydrogen-bond acceptors (Lipinski definition) is 2. The Morgan fingerprint density at radius 2 is 1.88 bits per heavy atom. The molecule has 0 radical (unpaired) electrons. The number of rotatable bonds is 6. The molecule has 4 nitrogen and oxygen atoms in total. The number of nitrogens with zero attached hydrogens (tertiary/aromatic N) is 1. The second-order valence-corrected chi connectivity index (χ2v) is 7.29. The first-order valence-electron chi connectivity index (χ1n) is 8.00. The molecule has 0 fully saturated rings. The molecule has 0 saturated heterocycles. The van der Waals surface area contributed by atoms with E-state index >= 15 is 0 Å². The van der Waals surface area contributed by atoms with Gasteiger partial charge < -0.3 is 15.6 Å². The smallest absolute Gasteiger partial charge is 0.190 e. The molecule has 0 amide bonds. The number of para-hydroxylation sites is 1. The Morgan fingerprint density at radius 3 is 2.60 bits per heavy atom. The Morgan fingerprint density at radius 1 is 1.12 bits per heavy atom. The van der Waals surface area contributed by atoms with Crippen molar-refractivity contribution in [3.63, 3.8) is 0 Å². The third kappa shape index (κ3) is 5.62. The van der Waals surface area contributed by atoms with Gasteiger partial charge in [0.05, 0.1) is 4.34 Å². The van der Waals surface area contributed by atoms with Crippen LogP contribution in [0.25, 0.3) is 10.9 Å². The van der Waals surface area contributed by atoms with Crippen LogP contribution in [0.5, 0.6) is 0 Å². The number of H-pyrrole nitrogens is 1. The average Bonchev–Trinajstić information content (AvgIpc) is 3.20. The molecular weight excluding hydrogens is 467 g/mol. The van der Waals surface area contributed by atoms with Crippen LogP contribution in [0.1, 0.15) is 10.4 Å². The van der Waals surface area contributed by atoms with E-state index < -0.39 is 0 Å². The molecule has 3 N–H and O–H groups in total. The van der Waals surface area contributed by atoms with Crippen LogP contribution in [0.15, 0.2) is 47.6 Å². The summed E-state index contributed by atoms with van der Waals surface area (Å²) in [5.41, 5.74) is 2.51. The predicted molar refractivity (Wildman–Crippen MR) is 120 cm³/mol. The Labute approximate surface area is 174 Å². The number of guanidine groups is 1. The van der Waals surface area contributed by atoms with E-state index in [0.717, 1.165) is 36.2 Å². The van der Waals surface area contributed by atoms with Crippen molar-refractivity contribution in [2.24, 2.45) is 4.99 Å². The van der Waals surface area contributed by atoms with E-state index in [2.05, 4.69) is 51.1 Å². The Balaban J connectivity index is 0.00000225. The van der Waals surface area contributed by atoms with E-state index in [1.54, 1.807) is 18.4 Å². The lowest BCUT2D eigenvalue weighted by Crippen LogP contribution is -2.39. The molecule has 134 valence electrons. The molecule has 7 heteroatoms. The fourth-order valence-electron chi connectivity index (χ4n) is 2.66. The zero-order valence-electron chi connectivity index (χ0n) is 14.0. The number of nitrogens with one attached hydrogen (secondary N) is 3. The molecular formula is C18H22ClIN4S. The summed E-state index contributed by atoms with van der Waals surface area (Å²) in [6.07, 6.45) is 3.98. The van der Waals surface area contributed by atoms with Gasteiger partial charge in [0, 0.05) is 42.1 Å². The van der Waals surface area contributed by atoms with Gasteiger partial charge in [-0.1, -0.05) is 29.8 Å². The Bertz CT molecular complexity index is 827. The molecule has 1 aromatic carbocycles. The van der Waals surface area contributed by atoms with Gasteiger partial charge in [-0.15, -0.1) is 35.3 Å². The van der Waals surface area contributed by atoms with Crippen molar-refractivity contribution in [3.8, 4) is 0 Å². The highest BCUT2D eigenvalue weighted by Crippen LogP contribution is 2.21. The van der Waals surface area contributed by atoms with Gasteiger partial charge in [0.1, 0.15) is 0 Å². The number of benzene rings is 1. The van der Waals surface area contributed by atoms with E-state index in [-0.39, 0.29) is 24.0 Å². The van der Waals surface area contributed by atoms with Crippen molar-refractivity contribution < 1.29 is 0 Å². The SMILES string of the molecule is CN=C(NCCc1ccc(Cl)s1)NCCc1c[nH]c2ccccc12.I. The van der Waals surface area contributed by atoms with Gasteiger partial charge in [-0.3, -0.25) is 4.99 Å². The van der Waals surface area contributed by atoms with Gasteiger partial charge >= 0.3 is 0 Å². The monoisotopic (exact) mass is 488 g/mol. The molecule has 3 aromatic rings. The van der Waals surface area contributed by atoms with Crippen molar-refractivity contribution in [2.75, 3.05) is 20.1 Å². The highest BCUT2D eigenvalue weighted by atomic mass is 127. The van der Waals surface area contributed by atoms with Crippen molar-refractivity contribution in [2.45, 2.75) is 12.8 Å². The average molecular weight is 489 g/mol. The number of aromatic amines is 1. The quantitative estimate of drug-likeness (QED) is 0.273. The molecule has 0 aliphatic heterocycles. The zero-order chi connectivity index (χ0) is 16.8. The second-order valence-electron chi connectivity index (χ2n) is 5.49. The summed E-state index contributed by atoms with van der Waals surface area (Å²) in [5.74, 6) is 0.831. The summed E-state index contributed by atoms with van der Waals surface area (Å²) in [6.45, 7) is 1.68. The standard InChI is InChI=1S/C18H21ClN4S.HI/c1-20-18(22-11-9-14-6-7-17(19)24-14)21-10-8-13-12-23-16-5-3-2-4-15(13)16;/h2-7,12,23H,8-11H2,1H3,(H2,20,21,22);1H.